The first kappa shape index (κ1) is 30.6. The lowest BCUT2D eigenvalue weighted by atomic mass is 9.99. The smallest absolute Gasteiger partial charge is 0.416 e. The van der Waals surface area contributed by atoms with E-state index >= 15 is 0 Å². The monoisotopic (exact) mass is 574 g/mol. The van der Waals surface area contributed by atoms with Crippen LogP contribution in [0.3, 0.4) is 0 Å². The Labute approximate surface area is 213 Å². The maximum atomic E-state index is 12.5. The number of carbonyl (C=O) groups is 3. The lowest BCUT2D eigenvalue weighted by Gasteiger charge is -2.23. The molecule has 0 aliphatic rings. The zero-order chi connectivity index (χ0) is 27.6. The fraction of sp³-hybridized carbons (Fsp3) is 0.304. The summed E-state index contributed by atoms with van der Waals surface area (Å²) in [6.45, 7) is 2.83. The van der Waals surface area contributed by atoms with Crippen molar-refractivity contribution in [3.63, 3.8) is 0 Å². The summed E-state index contributed by atoms with van der Waals surface area (Å²) in [5, 5.41) is 21.5. The second-order valence-electron chi connectivity index (χ2n) is 7.48. The number of aliphatic imine (C=N–C) groups is 1. The van der Waals surface area contributed by atoms with Crippen molar-refractivity contribution in [1.29, 1.82) is 0 Å². The van der Waals surface area contributed by atoms with Gasteiger partial charge in [0.25, 0.3) is 0 Å². The van der Waals surface area contributed by atoms with Crippen molar-refractivity contribution in [1.82, 2.24) is 5.32 Å². The average molecular weight is 575 g/mol. The summed E-state index contributed by atoms with van der Waals surface area (Å²) in [5.74, 6) is -2.23. The number of nitrogens with one attached hydrogen (secondary N) is 1. The molecule has 2 rings (SSSR count). The molecule has 0 saturated carbocycles. The summed E-state index contributed by atoms with van der Waals surface area (Å²) in [6, 6.07) is 8.74. The lowest BCUT2D eigenvalue weighted by molar-refractivity contribution is -0.139. The third-order valence-corrected chi connectivity index (χ3v) is 5.09. The van der Waals surface area contributed by atoms with Gasteiger partial charge in [-0.25, -0.2) is 4.99 Å². The van der Waals surface area contributed by atoms with Crippen LogP contribution >= 0.6 is 15.9 Å². The van der Waals surface area contributed by atoms with E-state index in [2.05, 4.69) is 26.2 Å². The van der Waals surface area contributed by atoms with Gasteiger partial charge in [-0.3, -0.25) is 14.4 Å². The number of carbonyl (C=O) groups excluding carboxylic acids is 2. The van der Waals surface area contributed by atoms with Crippen LogP contribution in [0.2, 0.25) is 0 Å². The first-order valence-electron chi connectivity index (χ1n) is 10.4. The van der Waals surface area contributed by atoms with Gasteiger partial charge in [0.1, 0.15) is 0 Å². The highest BCUT2D eigenvalue weighted by Gasteiger charge is 2.31. The van der Waals surface area contributed by atoms with Gasteiger partial charge in [-0.05, 0) is 42.8 Å². The molecule has 0 fully saturated rings. The summed E-state index contributed by atoms with van der Waals surface area (Å²) in [6.07, 6.45) is -5.70. The van der Waals surface area contributed by atoms with Crippen LogP contribution < -0.4 is 16.8 Å². The molecule has 0 heterocycles. The van der Waals surface area contributed by atoms with Crippen LogP contribution in [-0.2, 0) is 15.8 Å². The second kappa shape index (κ2) is 13.6. The van der Waals surface area contributed by atoms with Gasteiger partial charge in [0.2, 0.25) is 5.91 Å². The normalized spacial score (nSPS) is 12.4. The van der Waals surface area contributed by atoms with Crippen molar-refractivity contribution >= 4 is 45.2 Å². The van der Waals surface area contributed by atoms with Gasteiger partial charge >= 0.3 is 12.1 Å². The third kappa shape index (κ3) is 10.4. The Balaban J connectivity index is 0.000000362. The molecule has 0 bridgehead atoms. The predicted octanol–water partition coefficient (Wildman–Crippen LogP) is 3.66. The summed E-state index contributed by atoms with van der Waals surface area (Å²) in [5.41, 5.74) is 9.53. The number of Topliss-reactive ketones (excluding diaryl/α,β-unsaturated/α-hetero) is 1. The molecule has 0 saturated heterocycles. The SMILES string of the molecule is CC(=O)c1cc(N=C(N)N)cc(C(F)(F)F)c1.CCC(=O)NC(CC(=O)O)C(O)c1ccc(Br)cc1. The number of rotatable bonds is 8. The number of benzene rings is 2. The number of aliphatic carboxylic acids is 1. The van der Waals surface area contributed by atoms with Crippen molar-refractivity contribution in [2.75, 3.05) is 0 Å². The Morgan fingerprint density at radius 2 is 1.69 bits per heavy atom. The number of nitrogens with zero attached hydrogens (tertiary/aromatic N) is 1. The quantitative estimate of drug-likeness (QED) is 0.182. The molecule has 0 spiro atoms. The van der Waals surface area contributed by atoms with E-state index in [1.807, 2.05) is 0 Å². The van der Waals surface area contributed by atoms with Crippen molar-refractivity contribution in [3.8, 4) is 0 Å². The van der Waals surface area contributed by atoms with Gasteiger partial charge in [0.15, 0.2) is 11.7 Å². The second-order valence-corrected chi connectivity index (χ2v) is 8.40. The predicted molar refractivity (Wildman–Crippen MR) is 130 cm³/mol. The first-order chi connectivity index (χ1) is 16.6. The Bertz CT molecular complexity index is 1100. The first-order valence-corrected chi connectivity index (χ1v) is 11.2. The number of halogens is 4. The fourth-order valence-corrected chi connectivity index (χ4v) is 3.09. The van der Waals surface area contributed by atoms with E-state index in [0.717, 1.165) is 23.5 Å². The van der Waals surface area contributed by atoms with Crippen LogP contribution in [0.15, 0.2) is 51.9 Å². The molecule has 2 aromatic rings. The molecule has 0 aliphatic heterocycles. The van der Waals surface area contributed by atoms with E-state index in [4.69, 9.17) is 16.6 Å². The molecule has 9 nitrogen and oxygen atoms in total. The van der Waals surface area contributed by atoms with Gasteiger partial charge in [0, 0.05) is 16.5 Å². The van der Waals surface area contributed by atoms with E-state index < -0.39 is 35.6 Å². The molecule has 13 heteroatoms. The van der Waals surface area contributed by atoms with Crippen LogP contribution in [0.4, 0.5) is 18.9 Å². The number of nitrogens with two attached hydrogens (primary N) is 2. The number of ketones is 1. The minimum Gasteiger partial charge on any atom is -0.481 e. The third-order valence-electron chi connectivity index (χ3n) is 4.56. The number of amides is 1. The molecule has 36 heavy (non-hydrogen) atoms. The molecule has 2 atom stereocenters. The Hall–Kier alpha value is -3.45. The molecule has 2 aromatic carbocycles. The molecular weight excluding hydrogens is 549 g/mol. The number of guanidine groups is 1. The average Bonchev–Trinajstić information content (AvgIpc) is 2.77. The number of hydrogen-bond donors (Lipinski definition) is 5. The largest absolute Gasteiger partial charge is 0.481 e. The van der Waals surface area contributed by atoms with E-state index in [-0.39, 0.29) is 36.0 Å². The summed E-state index contributed by atoms with van der Waals surface area (Å²) < 4.78 is 38.4. The number of hydrogen-bond acceptors (Lipinski definition) is 5. The molecular formula is C23H26BrF3N4O5. The molecule has 0 aliphatic carbocycles. The molecule has 2 unspecified atom stereocenters. The van der Waals surface area contributed by atoms with Gasteiger partial charge in [-0.1, -0.05) is 35.0 Å². The van der Waals surface area contributed by atoms with Crippen LogP contribution in [0, 0.1) is 0 Å². The highest BCUT2D eigenvalue weighted by Crippen LogP contribution is 2.32. The van der Waals surface area contributed by atoms with Crippen LogP contribution in [-0.4, -0.2) is 39.9 Å². The van der Waals surface area contributed by atoms with Crippen LogP contribution in [0.5, 0.6) is 0 Å². The van der Waals surface area contributed by atoms with E-state index in [1.54, 1.807) is 31.2 Å². The van der Waals surface area contributed by atoms with Crippen LogP contribution in [0.1, 0.15) is 54.3 Å². The van der Waals surface area contributed by atoms with Gasteiger partial charge in [-0.2, -0.15) is 13.2 Å². The Morgan fingerprint density at radius 3 is 2.14 bits per heavy atom. The fourth-order valence-electron chi connectivity index (χ4n) is 2.82. The van der Waals surface area contributed by atoms with Gasteiger partial charge < -0.3 is 27.0 Å². The highest BCUT2D eigenvalue weighted by atomic mass is 79.9. The summed E-state index contributed by atoms with van der Waals surface area (Å²) in [4.78, 5) is 36.8. The Morgan fingerprint density at radius 1 is 1.11 bits per heavy atom. The van der Waals surface area contributed by atoms with Crippen LogP contribution in [0.25, 0.3) is 0 Å². The summed E-state index contributed by atoms with van der Waals surface area (Å²) >= 11 is 3.28. The van der Waals surface area contributed by atoms with Crippen molar-refractivity contribution in [3.05, 3.63) is 63.6 Å². The zero-order valence-electron chi connectivity index (χ0n) is 19.3. The molecule has 1 amide bonds. The van der Waals surface area contributed by atoms with Crippen molar-refractivity contribution in [2.24, 2.45) is 16.5 Å². The maximum absolute atomic E-state index is 12.5. The Kier molecular flexibility index (Phi) is 11.5. The standard InChI is InChI=1S/C13H16BrNO4.C10H10F3N3O/c1-2-11(16)15-10(7-12(17)18)13(19)8-3-5-9(14)6-4-8;1-5(17)6-2-7(10(11,12)13)4-8(3-6)16-9(14)15/h3-6,10,13,19H,2,7H2,1H3,(H,15,16)(H,17,18);2-4H,1H3,(H4,14,15,16). The minimum absolute atomic E-state index is 0.0974. The van der Waals surface area contributed by atoms with E-state index in [0.29, 0.717) is 5.56 Å². The minimum atomic E-state index is -4.56. The number of carboxylic acids is 1. The van der Waals surface area contributed by atoms with Gasteiger partial charge in [-0.15, -0.1) is 0 Å². The van der Waals surface area contributed by atoms with E-state index in [9.17, 15) is 32.7 Å². The molecule has 196 valence electrons. The number of carboxylic acid groups (broad SMARTS) is 1. The highest BCUT2D eigenvalue weighted by molar-refractivity contribution is 9.10. The van der Waals surface area contributed by atoms with Crippen molar-refractivity contribution < 1.29 is 37.8 Å². The summed E-state index contributed by atoms with van der Waals surface area (Å²) in [7, 11) is 0. The molecule has 0 aromatic heterocycles. The molecule has 0 radical (unpaired) electrons. The molecule has 7 N–H and O–H groups in total. The number of aliphatic hydroxyl groups excluding tert-OH is 1. The van der Waals surface area contributed by atoms with Gasteiger partial charge in [0.05, 0.1) is 29.8 Å². The number of alkyl halides is 3. The number of aliphatic hydroxyl groups is 1. The van der Waals surface area contributed by atoms with E-state index in [1.165, 1.54) is 6.07 Å². The topological polar surface area (TPSA) is 168 Å². The zero-order valence-corrected chi connectivity index (χ0v) is 20.9. The van der Waals surface area contributed by atoms with Crippen molar-refractivity contribution in [2.45, 2.75) is 45.0 Å². The maximum Gasteiger partial charge on any atom is 0.416 e. The lowest BCUT2D eigenvalue weighted by Crippen LogP contribution is -2.40.